The first-order valence-corrected chi connectivity index (χ1v) is 7.28. The number of amides is 1. The van der Waals surface area contributed by atoms with E-state index in [1.54, 1.807) is 0 Å². The Morgan fingerprint density at radius 1 is 1.10 bits per heavy atom. The van der Waals surface area contributed by atoms with Gasteiger partial charge in [-0.05, 0) is 24.5 Å². The third-order valence-electron chi connectivity index (χ3n) is 3.49. The number of benzene rings is 2. The maximum Gasteiger partial charge on any atom is 0.224 e. The Morgan fingerprint density at radius 3 is 2.43 bits per heavy atom. The van der Waals surface area contributed by atoms with E-state index in [1.807, 2.05) is 61.5 Å². The molecule has 3 heteroatoms. The maximum atomic E-state index is 11.9. The van der Waals surface area contributed by atoms with Gasteiger partial charge in [-0.15, -0.1) is 0 Å². The van der Waals surface area contributed by atoms with Gasteiger partial charge in [0.15, 0.2) is 0 Å². The monoisotopic (exact) mass is 282 g/mol. The average Bonchev–Trinajstić information content (AvgIpc) is 2.50. The van der Waals surface area contributed by atoms with Crippen molar-refractivity contribution < 1.29 is 4.79 Å². The zero-order valence-electron chi connectivity index (χ0n) is 12.4. The number of rotatable bonds is 6. The van der Waals surface area contributed by atoms with Gasteiger partial charge < -0.3 is 11.1 Å². The Balaban J connectivity index is 1.73. The van der Waals surface area contributed by atoms with Gasteiger partial charge in [-0.2, -0.15) is 0 Å². The predicted molar refractivity (Wildman–Crippen MR) is 85.9 cm³/mol. The van der Waals surface area contributed by atoms with Crippen LogP contribution in [0.5, 0.6) is 0 Å². The van der Waals surface area contributed by atoms with Crippen LogP contribution < -0.4 is 11.1 Å². The van der Waals surface area contributed by atoms with E-state index in [2.05, 4.69) is 5.32 Å². The molecule has 0 aliphatic rings. The SMILES string of the molecule is Cc1ccc(CC(=O)NCCC(N)c2ccccc2)cc1. The molecule has 3 nitrogen and oxygen atoms in total. The molecule has 0 saturated heterocycles. The summed E-state index contributed by atoms with van der Waals surface area (Å²) in [6, 6.07) is 17.9. The van der Waals surface area contributed by atoms with E-state index in [0.717, 1.165) is 17.5 Å². The summed E-state index contributed by atoms with van der Waals surface area (Å²) in [7, 11) is 0. The van der Waals surface area contributed by atoms with E-state index in [-0.39, 0.29) is 11.9 Å². The fraction of sp³-hybridized carbons (Fsp3) is 0.278. The highest BCUT2D eigenvalue weighted by Gasteiger charge is 2.07. The molecule has 2 aromatic carbocycles. The van der Waals surface area contributed by atoms with Crippen molar-refractivity contribution in [3.8, 4) is 0 Å². The Morgan fingerprint density at radius 2 is 1.76 bits per heavy atom. The Bertz CT molecular complexity index is 564. The number of hydrogen-bond donors (Lipinski definition) is 2. The number of carbonyl (C=O) groups excluding carboxylic acids is 1. The minimum atomic E-state index is -0.0362. The van der Waals surface area contributed by atoms with Gasteiger partial charge in [0, 0.05) is 12.6 Å². The Labute approximate surface area is 126 Å². The summed E-state index contributed by atoms with van der Waals surface area (Å²) < 4.78 is 0. The lowest BCUT2D eigenvalue weighted by molar-refractivity contribution is -0.120. The molecule has 0 radical (unpaired) electrons. The summed E-state index contributed by atoms with van der Waals surface area (Å²) in [5.41, 5.74) is 9.44. The molecule has 1 amide bonds. The summed E-state index contributed by atoms with van der Waals surface area (Å²) in [6.07, 6.45) is 1.16. The summed E-state index contributed by atoms with van der Waals surface area (Å²) >= 11 is 0. The molecule has 0 spiro atoms. The first-order valence-electron chi connectivity index (χ1n) is 7.28. The third kappa shape index (κ3) is 5.04. The second-order valence-electron chi connectivity index (χ2n) is 5.32. The number of hydrogen-bond acceptors (Lipinski definition) is 2. The van der Waals surface area contributed by atoms with Gasteiger partial charge >= 0.3 is 0 Å². The van der Waals surface area contributed by atoms with Gasteiger partial charge in [0.25, 0.3) is 0 Å². The molecule has 3 N–H and O–H groups in total. The molecule has 2 rings (SSSR count). The smallest absolute Gasteiger partial charge is 0.224 e. The summed E-state index contributed by atoms with van der Waals surface area (Å²) in [4.78, 5) is 11.9. The van der Waals surface area contributed by atoms with Crippen LogP contribution in [0.25, 0.3) is 0 Å². The van der Waals surface area contributed by atoms with Crippen LogP contribution in [0.1, 0.15) is 29.2 Å². The minimum Gasteiger partial charge on any atom is -0.356 e. The molecular formula is C18H22N2O. The number of nitrogens with one attached hydrogen (secondary N) is 1. The van der Waals surface area contributed by atoms with Crippen molar-refractivity contribution in [1.29, 1.82) is 0 Å². The minimum absolute atomic E-state index is 0.0362. The van der Waals surface area contributed by atoms with Gasteiger partial charge in [-0.1, -0.05) is 60.2 Å². The van der Waals surface area contributed by atoms with Gasteiger partial charge in [0.2, 0.25) is 5.91 Å². The second-order valence-corrected chi connectivity index (χ2v) is 5.32. The first kappa shape index (κ1) is 15.3. The van der Waals surface area contributed by atoms with Gasteiger partial charge in [0.1, 0.15) is 0 Å². The van der Waals surface area contributed by atoms with Crippen molar-refractivity contribution in [1.82, 2.24) is 5.32 Å². The molecule has 0 fully saturated rings. The molecule has 2 aromatic rings. The third-order valence-corrected chi connectivity index (χ3v) is 3.49. The molecule has 110 valence electrons. The fourth-order valence-electron chi connectivity index (χ4n) is 2.19. The normalized spacial score (nSPS) is 11.9. The Hall–Kier alpha value is -2.13. The largest absolute Gasteiger partial charge is 0.356 e. The van der Waals surface area contributed by atoms with Crippen LogP contribution in [0.3, 0.4) is 0 Å². The molecule has 1 atom stereocenters. The van der Waals surface area contributed by atoms with Crippen molar-refractivity contribution >= 4 is 5.91 Å². The average molecular weight is 282 g/mol. The van der Waals surface area contributed by atoms with Crippen LogP contribution in [0.4, 0.5) is 0 Å². The fourth-order valence-corrected chi connectivity index (χ4v) is 2.19. The van der Waals surface area contributed by atoms with E-state index in [0.29, 0.717) is 13.0 Å². The molecule has 0 heterocycles. The zero-order chi connectivity index (χ0) is 15.1. The van der Waals surface area contributed by atoms with E-state index < -0.39 is 0 Å². The number of aryl methyl sites for hydroxylation is 1. The lowest BCUT2D eigenvalue weighted by atomic mass is 10.0. The lowest BCUT2D eigenvalue weighted by Gasteiger charge is -2.12. The first-order chi connectivity index (χ1) is 10.1. The van der Waals surface area contributed by atoms with Crippen LogP contribution >= 0.6 is 0 Å². The van der Waals surface area contributed by atoms with Gasteiger partial charge in [-0.25, -0.2) is 0 Å². The van der Waals surface area contributed by atoms with Gasteiger partial charge in [0.05, 0.1) is 6.42 Å². The number of nitrogens with two attached hydrogens (primary N) is 1. The molecule has 21 heavy (non-hydrogen) atoms. The van der Waals surface area contributed by atoms with Crippen molar-refractivity contribution in [2.45, 2.75) is 25.8 Å². The van der Waals surface area contributed by atoms with E-state index in [4.69, 9.17) is 5.73 Å². The standard InChI is InChI=1S/C18H22N2O/c1-14-7-9-15(10-8-14)13-18(21)20-12-11-17(19)16-5-3-2-4-6-16/h2-10,17H,11-13,19H2,1H3,(H,20,21). The van der Waals surface area contributed by atoms with Crippen molar-refractivity contribution in [2.24, 2.45) is 5.73 Å². The quantitative estimate of drug-likeness (QED) is 0.856. The predicted octanol–water partition coefficient (Wildman–Crippen LogP) is 2.74. The highest BCUT2D eigenvalue weighted by molar-refractivity contribution is 5.78. The molecule has 0 bridgehead atoms. The van der Waals surface area contributed by atoms with Crippen molar-refractivity contribution in [2.75, 3.05) is 6.54 Å². The van der Waals surface area contributed by atoms with E-state index in [9.17, 15) is 4.79 Å². The van der Waals surface area contributed by atoms with Gasteiger partial charge in [-0.3, -0.25) is 4.79 Å². The van der Waals surface area contributed by atoms with Crippen LogP contribution in [0.2, 0.25) is 0 Å². The summed E-state index contributed by atoms with van der Waals surface area (Å²) in [5.74, 6) is 0.0408. The molecule has 0 aliphatic carbocycles. The number of carbonyl (C=O) groups is 1. The molecule has 1 unspecified atom stereocenters. The highest BCUT2D eigenvalue weighted by atomic mass is 16.1. The summed E-state index contributed by atoms with van der Waals surface area (Å²) in [5, 5.41) is 2.93. The second kappa shape index (κ2) is 7.60. The molecule has 0 aromatic heterocycles. The van der Waals surface area contributed by atoms with E-state index in [1.165, 1.54) is 5.56 Å². The zero-order valence-corrected chi connectivity index (χ0v) is 12.4. The van der Waals surface area contributed by atoms with E-state index >= 15 is 0 Å². The highest BCUT2D eigenvalue weighted by Crippen LogP contribution is 2.12. The molecular weight excluding hydrogens is 260 g/mol. The van der Waals surface area contributed by atoms with Crippen LogP contribution in [-0.4, -0.2) is 12.5 Å². The van der Waals surface area contributed by atoms with Crippen LogP contribution in [0.15, 0.2) is 54.6 Å². The van der Waals surface area contributed by atoms with Crippen LogP contribution in [-0.2, 0) is 11.2 Å². The van der Waals surface area contributed by atoms with Crippen molar-refractivity contribution in [3.05, 3.63) is 71.3 Å². The summed E-state index contributed by atoms with van der Waals surface area (Å²) in [6.45, 7) is 2.63. The van der Waals surface area contributed by atoms with Crippen molar-refractivity contribution in [3.63, 3.8) is 0 Å². The lowest BCUT2D eigenvalue weighted by Crippen LogP contribution is -2.28. The topological polar surface area (TPSA) is 55.1 Å². The maximum absolute atomic E-state index is 11.9. The molecule has 0 saturated carbocycles. The molecule has 0 aliphatic heterocycles. The van der Waals surface area contributed by atoms with Crippen LogP contribution in [0, 0.1) is 6.92 Å². The Kier molecular flexibility index (Phi) is 5.52.